The van der Waals surface area contributed by atoms with Gasteiger partial charge in [-0.25, -0.2) is 9.07 Å². The SMILES string of the molecule is COc1ccccc1-c1c(CO)nnn1Cc1cccc(F)c1. The third-order valence-electron chi connectivity index (χ3n) is 3.54. The predicted octanol–water partition coefficient (Wildman–Crippen LogP) is 2.63. The van der Waals surface area contributed by atoms with Crippen LogP contribution in [0.25, 0.3) is 11.3 Å². The lowest BCUT2D eigenvalue weighted by Gasteiger charge is -2.11. The van der Waals surface area contributed by atoms with E-state index in [1.807, 2.05) is 30.3 Å². The second-order valence-electron chi connectivity index (χ2n) is 5.03. The first kappa shape index (κ1) is 15.2. The monoisotopic (exact) mass is 313 g/mol. The van der Waals surface area contributed by atoms with Crippen LogP contribution in [-0.4, -0.2) is 27.2 Å². The lowest BCUT2D eigenvalue weighted by Crippen LogP contribution is -2.05. The van der Waals surface area contributed by atoms with Gasteiger partial charge in [-0.2, -0.15) is 0 Å². The summed E-state index contributed by atoms with van der Waals surface area (Å²) >= 11 is 0. The molecule has 3 aromatic rings. The van der Waals surface area contributed by atoms with Crippen molar-refractivity contribution in [1.29, 1.82) is 0 Å². The number of aromatic nitrogens is 3. The Hall–Kier alpha value is -2.73. The highest BCUT2D eigenvalue weighted by Gasteiger charge is 2.18. The molecule has 0 aliphatic rings. The number of benzene rings is 2. The Morgan fingerprint density at radius 2 is 2.00 bits per heavy atom. The molecule has 1 aromatic heterocycles. The predicted molar refractivity (Wildman–Crippen MR) is 83.4 cm³/mol. The van der Waals surface area contributed by atoms with Gasteiger partial charge in [0.15, 0.2) is 0 Å². The lowest BCUT2D eigenvalue weighted by atomic mass is 10.1. The number of nitrogens with zero attached hydrogens (tertiary/aromatic N) is 3. The average Bonchev–Trinajstić information content (AvgIpc) is 2.97. The molecule has 0 radical (unpaired) electrons. The molecule has 0 saturated carbocycles. The smallest absolute Gasteiger partial charge is 0.128 e. The number of hydrogen-bond donors (Lipinski definition) is 1. The molecule has 0 spiro atoms. The van der Waals surface area contributed by atoms with E-state index in [9.17, 15) is 9.50 Å². The Morgan fingerprint density at radius 3 is 2.74 bits per heavy atom. The van der Waals surface area contributed by atoms with Gasteiger partial charge in [0.25, 0.3) is 0 Å². The Kier molecular flexibility index (Phi) is 4.34. The fourth-order valence-electron chi connectivity index (χ4n) is 2.51. The van der Waals surface area contributed by atoms with Gasteiger partial charge in [0, 0.05) is 5.56 Å². The van der Waals surface area contributed by atoms with E-state index in [-0.39, 0.29) is 12.4 Å². The van der Waals surface area contributed by atoms with Gasteiger partial charge < -0.3 is 9.84 Å². The Labute approximate surface area is 133 Å². The van der Waals surface area contributed by atoms with E-state index < -0.39 is 0 Å². The van der Waals surface area contributed by atoms with Gasteiger partial charge in [0.2, 0.25) is 0 Å². The maximum absolute atomic E-state index is 13.4. The number of rotatable bonds is 5. The van der Waals surface area contributed by atoms with Gasteiger partial charge in [-0.15, -0.1) is 5.10 Å². The number of ether oxygens (including phenoxy) is 1. The molecule has 0 fully saturated rings. The molecular formula is C17H16FN3O2. The van der Waals surface area contributed by atoms with Crippen LogP contribution >= 0.6 is 0 Å². The van der Waals surface area contributed by atoms with Crippen LogP contribution in [0.15, 0.2) is 48.5 Å². The van der Waals surface area contributed by atoms with Crippen molar-refractivity contribution in [3.63, 3.8) is 0 Å². The summed E-state index contributed by atoms with van der Waals surface area (Å²) in [5, 5.41) is 17.7. The maximum Gasteiger partial charge on any atom is 0.128 e. The first-order chi connectivity index (χ1) is 11.2. The number of aliphatic hydroxyl groups is 1. The normalized spacial score (nSPS) is 10.7. The first-order valence-electron chi connectivity index (χ1n) is 7.14. The molecule has 1 N–H and O–H groups in total. The Morgan fingerprint density at radius 1 is 1.17 bits per heavy atom. The van der Waals surface area contributed by atoms with Crippen molar-refractivity contribution in [1.82, 2.24) is 15.0 Å². The molecule has 0 aliphatic carbocycles. The molecule has 0 unspecified atom stereocenters. The first-order valence-corrected chi connectivity index (χ1v) is 7.14. The molecule has 0 saturated heterocycles. The van der Waals surface area contributed by atoms with E-state index in [4.69, 9.17) is 4.74 Å². The third kappa shape index (κ3) is 3.07. The number of methoxy groups -OCH3 is 1. The van der Waals surface area contributed by atoms with E-state index in [1.165, 1.54) is 12.1 Å². The van der Waals surface area contributed by atoms with Crippen molar-refractivity contribution in [3.05, 3.63) is 65.6 Å². The van der Waals surface area contributed by atoms with Crippen LogP contribution in [0.5, 0.6) is 5.75 Å². The molecule has 2 aromatic carbocycles. The molecule has 0 aliphatic heterocycles. The zero-order valence-corrected chi connectivity index (χ0v) is 12.6. The van der Waals surface area contributed by atoms with Crippen LogP contribution in [0.1, 0.15) is 11.3 Å². The van der Waals surface area contributed by atoms with Crippen LogP contribution in [0.3, 0.4) is 0 Å². The van der Waals surface area contributed by atoms with Crippen molar-refractivity contribution in [2.75, 3.05) is 7.11 Å². The van der Waals surface area contributed by atoms with Crippen molar-refractivity contribution >= 4 is 0 Å². The molecule has 0 atom stereocenters. The average molecular weight is 313 g/mol. The van der Waals surface area contributed by atoms with E-state index >= 15 is 0 Å². The van der Waals surface area contributed by atoms with E-state index in [0.717, 1.165) is 11.1 Å². The van der Waals surface area contributed by atoms with Gasteiger partial charge in [0.1, 0.15) is 17.3 Å². The van der Waals surface area contributed by atoms with E-state index in [2.05, 4.69) is 10.3 Å². The van der Waals surface area contributed by atoms with E-state index in [0.29, 0.717) is 23.7 Å². The lowest BCUT2D eigenvalue weighted by molar-refractivity contribution is 0.277. The maximum atomic E-state index is 13.4. The molecule has 118 valence electrons. The van der Waals surface area contributed by atoms with Crippen molar-refractivity contribution in [2.24, 2.45) is 0 Å². The van der Waals surface area contributed by atoms with Crippen LogP contribution in [0.2, 0.25) is 0 Å². The number of halogens is 1. The fourth-order valence-corrected chi connectivity index (χ4v) is 2.51. The molecule has 5 nitrogen and oxygen atoms in total. The summed E-state index contributed by atoms with van der Waals surface area (Å²) in [5.41, 5.74) is 2.65. The highest BCUT2D eigenvalue weighted by molar-refractivity contribution is 5.69. The largest absolute Gasteiger partial charge is 0.496 e. The summed E-state index contributed by atoms with van der Waals surface area (Å²) in [6, 6.07) is 13.7. The summed E-state index contributed by atoms with van der Waals surface area (Å²) in [4.78, 5) is 0. The molecule has 0 amide bonds. The standard InChI is InChI=1S/C17H16FN3O2/c1-23-16-8-3-2-7-14(16)17-15(11-22)19-20-21(17)10-12-5-4-6-13(18)9-12/h2-9,22H,10-11H2,1H3. The highest BCUT2D eigenvalue weighted by Crippen LogP contribution is 2.31. The molecule has 1 heterocycles. The highest BCUT2D eigenvalue weighted by atomic mass is 19.1. The third-order valence-corrected chi connectivity index (χ3v) is 3.54. The molecule has 23 heavy (non-hydrogen) atoms. The summed E-state index contributed by atoms with van der Waals surface area (Å²) in [6.45, 7) is 0.106. The van der Waals surface area contributed by atoms with E-state index in [1.54, 1.807) is 17.9 Å². The van der Waals surface area contributed by atoms with Crippen LogP contribution in [0, 0.1) is 5.82 Å². The summed E-state index contributed by atoms with van der Waals surface area (Å²) < 4.78 is 20.4. The fraction of sp³-hybridized carbons (Fsp3) is 0.176. The minimum Gasteiger partial charge on any atom is -0.496 e. The molecule has 3 rings (SSSR count). The molecular weight excluding hydrogens is 297 g/mol. The zero-order valence-electron chi connectivity index (χ0n) is 12.6. The van der Waals surface area contributed by atoms with Crippen LogP contribution in [0.4, 0.5) is 4.39 Å². The number of para-hydroxylation sites is 1. The summed E-state index contributed by atoms with van der Waals surface area (Å²) in [7, 11) is 1.58. The number of hydrogen-bond acceptors (Lipinski definition) is 4. The second kappa shape index (κ2) is 6.58. The van der Waals surface area contributed by atoms with Gasteiger partial charge in [-0.3, -0.25) is 0 Å². The molecule has 0 bridgehead atoms. The minimum absolute atomic E-state index is 0.240. The summed E-state index contributed by atoms with van der Waals surface area (Å²) in [6.07, 6.45) is 0. The van der Waals surface area contributed by atoms with Crippen LogP contribution in [-0.2, 0) is 13.2 Å². The van der Waals surface area contributed by atoms with Crippen molar-refractivity contribution in [3.8, 4) is 17.0 Å². The van der Waals surface area contributed by atoms with Gasteiger partial charge in [-0.05, 0) is 29.8 Å². The molecule has 6 heteroatoms. The van der Waals surface area contributed by atoms with Crippen molar-refractivity contribution < 1.29 is 14.2 Å². The van der Waals surface area contributed by atoms with Gasteiger partial charge >= 0.3 is 0 Å². The Bertz CT molecular complexity index is 817. The topological polar surface area (TPSA) is 60.2 Å². The minimum atomic E-state index is -0.302. The quantitative estimate of drug-likeness (QED) is 0.786. The zero-order chi connectivity index (χ0) is 16.2. The number of aliphatic hydroxyl groups excluding tert-OH is 1. The van der Waals surface area contributed by atoms with Gasteiger partial charge in [-0.1, -0.05) is 29.5 Å². The van der Waals surface area contributed by atoms with Gasteiger partial charge in [0.05, 0.1) is 26.0 Å². The van der Waals surface area contributed by atoms with Crippen molar-refractivity contribution in [2.45, 2.75) is 13.2 Å². The Balaban J connectivity index is 2.07. The van der Waals surface area contributed by atoms with Crippen LogP contribution < -0.4 is 4.74 Å². The second-order valence-corrected chi connectivity index (χ2v) is 5.03. The summed E-state index contributed by atoms with van der Waals surface area (Å²) in [5.74, 6) is 0.355.